The van der Waals surface area contributed by atoms with E-state index in [9.17, 15) is 9.59 Å². The first-order valence-corrected chi connectivity index (χ1v) is 9.18. The molecule has 7 aliphatic rings. The first kappa shape index (κ1) is 12.5. The fourth-order valence-electron chi connectivity index (χ4n) is 7.52. The highest BCUT2D eigenvalue weighted by molar-refractivity contribution is 6.07. The predicted octanol–water partition coefficient (Wildman–Crippen LogP) is 2.12. The molecule has 3 heterocycles. The molecule has 2 amide bonds. The fourth-order valence-corrected chi connectivity index (χ4v) is 7.52. The Morgan fingerprint density at radius 2 is 1.27 bits per heavy atom. The molecule has 0 radical (unpaired) electrons. The van der Waals surface area contributed by atoms with Crippen LogP contribution in [0.15, 0.2) is 0 Å². The highest BCUT2D eigenvalue weighted by Gasteiger charge is 2.67. The highest BCUT2D eigenvalue weighted by atomic mass is 16.5. The molecule has 0 spiro atoms. The van der Waals surface area contributed by atoms with Gasteiger partial charge in [0.2, 0.25) is 11.8 Å². The van der Waals surface area contributed by atoms with Gasteiger partial charge < -0.3 is 4.74 Å². The lowest BCUT2D eigenvalue weighted by Crippen LogP contribution is -2.62. The molecule has 0 aromatic carbocycles. The summed E-state index contributed by atoms with van der Waals surface area (Å²) < 4.78 is 5.88. The van der Waals surface area contributed by atoms with Crippen molar-refractivity contribution in [1.82, 2.24) is 4.90 Å². The molecule has 6 bridgehead atoms. The third-order valence-electron chi connectivity index (χ3n) is 7.76. The van der Waals surface area contributed by atoms with Gasteiger partial charge in [-0.3, -0.25) is 14.5 Å². The van der Waals surface area contributed by atoms with Gasteiger partial charge in [-0.15, -0.1) is 0 Å². The molecule has 118 valence electrons. The van der Waals surface area contributed by atoms with E-state index in [2.05, 4.69) is 0 Å². The van der Waals surface area contributed by atoms with Crippen LogP contribution in [0.3, 0.4) is 0 Å². The summed E-state index contributed by atoms with van der Waals surface area (Å²) in [7, 11) is 0. The van der Waals surface area contributed by atoms with Gasteiger partial charge in [0.05, 0.1) is 29.6 Å². The Bertz CT molecular complexity index is 522. The Hall–Kier alpha value is -0.900. The lowest BCUT2D eigenvalue weighted by molar-refractivity contribution is -0.162. The van der Waals surface area contributed by atoms with Crippen LogP contribution in [-0.2, 0) is 14.3 Å². The van der Waals surface area contributed by atoms with Crippen molar-refractivity contribution in [1.29, 1.82) is 0 Å². The van der Waals surface area contributed by atoms with Crippen LogP contribution >= 0.6 is 0 Å². The Morgan fingerprint density at radius 1 is 0.818 bits per heavy atom. The maximum Gasteiger partial charge on any atom is 0.236 e. The quantitative estimate of drug-likeness (QED) is 0.697. The molecule has 4 nitrogen and oxygen atoms in total. The van der Waals surface area contributed by atoms with Crippen LogP contribution in [0.2, 0.25) is 0 Å². The third-order valence-corrected chi connectivity index (χ3v) is 7.76. The van der Waals surface area contributed by atoms with E-state index in [0.29, 0.717) is 0 Å². The van der Waals surface area contributed by atoms with Gasteiger partial charge >= 0.3 is 0 Å². The number of hydrogen-bond donors (Lipinski definition) is 0. The molecule has 7 rings (SSSR count). The standard InChI is InChI=1S/C18H23NO3/c20-16-14-12-1-2-13(22-12)15(14)17(21)19(16)18-6-9-3-10(7-18)5-11(4-9)8-18/h9-15H,1-8H2/t9?,10?,11?,12-,13+,14-,15+,18?. The van der Waals surface area contributed by atoms with Crippen LogP contribution in [-0.4, -0.2) is 34.5 Å². The number of likely N-dealkylation sites (tertiary alicyclic amines) is 1. The van der Waals surface area contributed by atoms with Crippen LogP contribution in [0.1, 0.15) is 51.4 Å². The minimum absolute atomic E-state index is 0.0327. The number of rotatable bonds is 1. The Kier molecular flexibility index (Phi) is 2.14. The van der Waals surface area contributed by atoms with Crippen LogP contribution in [0.25, 0.3) is 0 Å². The van der Waals surface area contributed by atoms with E-state index in [4.69, 9.17) is 4.74 Å². The molecular weight excluding hydrogens is 278 g/mol. The van der Waals surface area contributed by atoms with Crippen molar-refractivity contribution >= 4 is 11.8 Å². The van der Waals surface area contributed by atoms with Gasteiger partial charge in [-0.05, 0) is 69.1 Å². The number of ether oxygens (including phenoxy) is 1. The normalized spacial score (nSPS) is 58.0. The van der Waals surface area contributed by atoms with Gasteiger partial charge in [-0.1, -0.05) is 0 Å². The van der Waals surface area contributed by atoms with Crippen molar-refractivity contribution in [2.24, 2.45) is 29.6 Å². The Morgan fingerprint density at radius 3 is 1.73 bits per heavy atom. The lowest BCUT2D eigenvalue weighted by atomic mass is 9.52. The molecule has 7 fully saturated rings. The molecular formula is C18H23NO3. The summed E-state index contributed by atoms with van der Waals surface area (Å²) in [5, 5.41) is 0. The highest BCUT2D eigenvalue weighted by Crippen LogP contribution is 2.60. The smallest absolute Gasteiger partial charge is 0.236 e. The van der Waals surface area contributed by atoms with Gasteiger partial charge in [0.15, 0.2) is 0 Å². The summed E-state index contributed by atoms with van der Waals surface area (Å²) in [6.07, 6.45) is 9.31. The first-order chi connectivity index (χ1) is 10.6. The third kappa shape index (κ3) is 1.31. The van der Waals surface area contributed by atoms with Gasteiger partial charge in [0.25, 0.3) is 0 Å². The topological polar surface area (TPSA) is 46.6 Å². The van der Waals surface area contributed by atoms with E-state index in [-0.39, 0.29) is 41.4 Å². The fraction of sp³-hybridized carbons (Fsp3) is 0.889. The molecule has 4 aliphatic carbocycles. The van der Waals surface area contributed by atoms with E-state index in [1.807, 2.05) is 0 Å². The summed E-state index contributed by atoms with van der Waals surface area (Å²) in [6.45, 7) is 0. The zero-order valence-electron chi connectivity index (χ0n) is 12.9. The van der Waals surface area contributed by atoms with Gasteiger partial charge in [-0.25, -0.2) is 0 Å². The lowest BCUT2D eigenvalue weighted by Gasteiger charge is -2.59. The second-order valence-corrected chi connectivity index (χ2v) is 9.00. The molecule has 0 unspecified atom stereocenters. The van der Waals surface area contributed by atoms with Crippen LogP contribution in [0.5, 0.6) is 0 Å². The second kappa shape index (κ2) is 3.77. The van der Waals surface area contributed by atoms with Crippen molar-refractivity contribution in [2.45, 2.75) is 69.1 Å². The minimum Gasteiger partial charge on any atom is -0.373 e. The zero-order valence-corrected chi connectivity index (χ0v) is 12.9. The first-order valence-electron chi connectivity index (χ1n) is 9.18. The van der Waals surface area contributed by atoms with E-state index >= 15 is 0 Å². The van der Waals surface area contributed by atoms with Crippen LogP contribution in [0, 0.1) is 29.6 Å². The van der Waals surface area contributed by atoms with E-state index in [1.54, 1.807) is 4.90 Å². The zero-order chi connectivity index (χ0) is 14.6. The molecule has 3 saturated heterocycles. The molecule has 0 N–H and O–H groups in total. The summed E-state index contributed by atoms with van der Waals surface area (Å²) in [6, 6.07) is 0. The van der Waals surface area contributed by atoms with Crippen LogP contribution < -0.4 is 0 Å². The molecule has 4 saturated carbocycles. The largest absolute Gasteiger partial charge is 0.373 e. The maximum absolute atomic E-state index is 13.1. The van der Waals surface area contributed by atoms with E-state index in [0.717, 1.165) is 49.9 Å². The summed E-state index contributed by atoms with van der Waals surface area (Å²) in [5.74, 6) is 2.27. The molecule has 3 aliphatic heterocycles. The molecule has 0 aromatic heterocycles. The van der Waals surface area contributed by atoms with Gasteiger partial charge in [0.1, 0.15) is 0 Å². The minimum atomic E-state index is -0.140. The van der Waals surface area contributed by atoms with E-state index in [1.165, 1.54) is 19.3 Å². The number of carbonyl (C=O) groups is 2. The van der Waals surface area contributed by atoms with E-state index < -0.39 is 0 Å². The monoisotopic (exact) mass is 301 g/mol. The average molecular weight is 301 g/mol. The number of amides is 2. The average Bonchev–Trinajstić information content (AvgIpc) is 3.11. The van der Waals surface area contributed by atoms with Crippen molar-refractivity contribution < 1.29 is 14.3 Å². The van der Waals surface area contributed by atoms with Gasteiger partial charge in [-0.2, -0.15) is 0 Å². The summed E-state index contributed by atoms with van der Waals surface area (Å²) >= 11 is 0. The molecule has 0 aromatic rings. The number of nitrogens with zero attached hydrogens (tertiary/aromatic N) is 1. The Labute approximate surface area is 130 Å². The van der Waals surface area contributed by atoms with Crippen molar-refractivity contribution in [3.63, 3.8) is 0 Å². The van der Waals surface area contributed by atoms with Crippen LogP contribution in [0.4, 0.5) is 0 Å². The molecule has 4 heteroatoms. The molecule has 22 heavy (non-hydrogen) atoms. The van der Waals surface area contributed by atoms with Gasteiger partial charge in [0, 0.05) is 0 Å². The number of fused-ring (bicyclic) bond motifs is 5. The van der Waals surface area contributed by atoms with Crippen molar-refractivity contribution in [2.75, 3.05) is 0 Å². The van der Waals surface area contributed by atoms with Crippen molar-refractivity contribution in [3.8, 4) is 0 Å². The summed E-state index contributed by atoms with van der Waals surface area (Å²) in [4.78, 5) is 28.1. The maximum atomic E-state index is 13.1. The van der Waals surface area contributed by atoms with Crippen molar-refractivity contribution in [3.05, 3.63) is 0 Å². The second-order valence-electron chi connectivity index (χ2n) is 9.00. The molecule has 4 atom stereocenters. The SMILES string of the molecule is O=C1[C@@H]2[C@H](C(=O)N1C13CC4CC(CC(C4)C1)C3)[C@H]1CC[C@@H]2O1. The number of hydrogen-bond acceptors (Lipinski definition) is 3. The summed E-state index contributed by atoms with van der Waals surface area (Å²) in [5.41, 5.74) is -0.104. The predicted molar refractivity (Wildman–Crippen MR) is 77.6 cm³/mol. The Balaban J connectivity index is 1.41. The number of carbonyl (C=O) groups excluding carboxylic acids is 2. The number of imide groups is 1.